The minimum absolute atomic E-state index is 1.30. The van der Waals surface area contributed by atoms with Gasteiger partial charge in [-0.1, -0.05) is 18.1 Å². The van der Waals surface area contributed by atoms with Crippen LogP contribution in [0.4, 0.5) is 0 Å². The maximum atomic E-state index is 2.63. The fraction of sp³-hybridized carbons (Fsp3) is 0.846. The van der Waals surface area contributed by atoms with E-state index >= 15 is 0 Å². The number of allylic oxidation sites excluding steroid dienone is 2. The van der Waals surface area contributed by atoms with Gasteiger partial charge in [0.1, 0.15) is 0 Å². The van der Waals surface area contributed by atoms with Crippen molar-refractivity contribution in [2.24, 2.45) is 0 Å². The Morgan fingerprint density at radius 3 is 2.50 bits per heavy atom. The Bertz CT molecular complexity index is 166. The van der Waals surface area contributed by atoms with Crippen LogP contribution in [0.15, 0.2) is 11.6 Å². The van der Waals surface area contributed by atoms with E-state index < -0.39 is 0 Å². The van der Waals surface area contributed by atoms with E-state index in [1.807, 2.05) is 0 Å². The van der Waals surface area contributed by atoms with Crippen LogP contribution in [0.2, 0.25) is 0 Å². The second-order valence-corrected chi connectivity index (χ2v) is 4.49. The van der Waals surface area contributed by atoms with Crippen molar-refractivity contribution in [3.63, 3.8) is 0 Å². The molecule has 1 fully saturated rings. The second kappa shape index (κ2) is 7.05. The highest BCUT2D eigenvalue weighted by Gasteiger charge is 2.08. The molecule has 0 spiro atoms. The van der Waals surface area contributed by atoms with Crippen LogP contribution in [0.5, 0.6) is 0 Å². The molecule has 0 radical (unpaired) electrons. The van der Waals surface area contributed by atoms with E-state index in [-0.39, 0.29) is 0 Å². The summed E-state index contributed by atoms with van der Waals surface area (Å²) in [5.41, 5.74) is 1.55. The van der Waals surface area contributed by atoms with Gasteiger partial charge in [0.25, 0.3) is 0 Å². The molecule has 0 N–H and O–H groups in total. The van der Waals surface area contributed by atoms with Crippen LogP contribution >= 0.6 is 0 Å². The van der Waals surface area contributed by atoms with Crippen LogP contribution in [-0.2, 0) is 0 Å². The van der Waals surface area contributed by atoms with Crippen LogP contribution in [0.25, 0.3) is 0 Å². The number of unbranched alkanes of at least 4 members (excludes halogenated alkanes) is 1. The van der Waals surface area contributed by atoms with Crippen LogP contribution in [-0.4, -0.2) is 24.5 Å². The van der Waals surface area contributed by atoms with Gasteiger partial charge < -0.3 is 4.90 Å². The summed E-state index contributed by atoms with van der Waals surface area (Å²) >= 11 is 0. The van der Waals surface area contributed by atoms with E-state index in [2.05, 4.69) is 24.8 Å². The molecule has 0 bridgehead atoms. The van der Waals surface area contributed by atoms with Gasteiger partial charge in [0.15, 0.2) is 0 Å². The number of likely N-dealkylation sites (tertiary alicyclic amines) is 1. The molecule has 0 aromatic rings. The number of piperidine rings is 1. The molecular formula is C13H25N. The SMILES string of the molecule is C/C=C(/C)CCCCN1CCCCC1. The first-order valence-electron chi connectivity index (χ1n) is 6.17. The minimum Gasteiger partial charge on any atom is -0.303 e. The largest absolute Gasteiger partial charge is 0.303 e. The first-order chi connectivity index (χ1) is 6.83. The fourth-order valence-corrected chi connectivity index (χ4v) is 2.07. The summed E-state index contributed by atoms with van der Waals surface area (Å²) in [6, 6.07) is 0. The molecule has 0 aromatic carbocycles. The zero-order valence-electron chi connectivity index (χ0n) is 9.89. The Hall–Kier alpha value is -0.300. The molecule has 1 rings (SSSR count). The van der Waals surface area contributed by atoms with E-state index in [9.17, 15) is 0 Å². The zero-order valence-corrected chi connectivity index (χ0v) is 9.89. The molecule has 1 nitrogen and oxygen atoms in total. The van der Waals surface area contributed by atoms with Crippen molar-refractivity contribution < 1.29 is 0 Å². The molecule has 1 heterocycles. The Kier molecular flexibility index (Phi) is 5.93. The lowest BCUT2D eigenvalue weighted by atomic mass is 10.1. The van der Waals surface area contributed by atoms with Gasteiger partial charge in [0, 0.05) is 0 Å². The molecule has 0 unspecified atom stereocenters. The van der Waals surface area contributed by atoms with Crippen molar-refractivity contribution in [3.8, 4) is 0 Å². The van der Waals surface area contributed by atoms with E-state index in [4.69, 9.17) is 0 Å². The number of hydrogen-bond donors (Lipinski definition) is 0. The van der Waals surface area contributed by atoms with Crippen LogP contribution in [0, 0.1) is 0 Å². The van der Waals surface area contributed by atoms with Gasteiger partial charge in [0.2, 0.25) is 0 Å². The molecular weight excluding hydrogens is 170 g/mol. The average Bonchev–Trinajstić information content (AvgIpc) is 2.25. The van der Waals surface area contributed by atoms with Crippen molar-refractivity contribution in [3.05, 3.63) is 11.6 Å². The quantitative estimate of drug-likeness (QED) is 0.478. The van der Waals surface area contributed by atoms with Crippen LogP contribution in [0.1, 0.15) is 52.4 Å². The molecule has 0 atom stereocenters. The maximum absolute atomic E-state index is 2.63. The third kappa shape index (κ3) is 4.80. The maximum Gasteiger partial charge on any atom is -0.00186 e. The standard InChI is InChI=1S/C13H25N/c1-3-13(2)9-5-8-12-14-10-6-4-7-11-14/h3H,4-12H2,1-2H3/b13-3-. The van der Waals surface area contributed by atoms with Gasteiger partial charge in [-0.25, -0.2) is 0 Å². The average molecular weight is 195 g/mol. The monoisotopic (exact) mass is 195 g/mol. The van der Waals surface area contributed by atoms with E-state index in [0.29, 0.717) is 0 Å². The smallest absolute Gasteiger partial charge is 0.00186 e. The predicted molar refractivity (Wildman–Crippen MR) is 63.6 cm³/mol. The van der Waals surface area contributed by atoms with Gasteiger partial charge in [-0.2, -0.15) is 0 Å². The highest BCUT2D eigenvalue weighted by Crippen LogP contribution is 2.11. The van der Waals surface area contributed by atoms with Gasteiger partial charge in [-0.05, 0) is 65.6 Å². The van der Waals surface area contributed by atoms with Crippen LogP contribution < -0.4 is 0 Å². The van der Waals surface area contributed by atoms with Crippen molar-refractivity contribution in [1.29, 1.82) is 0 Å². The summed E-state index contributed by atoms with van der Waals surface area (Å²) in [5.74, 6) is 0. The van der Waals surface area contributed by atoms with Crippen molar-refractivity contribution >= 4 is 0 Å². The van der Waals surface area contributed by atoms with Crippen molar-refractivity contribution in [2.45, 2.75) is 52.4 Å². The molecule has 82 valence electrons. The van der Waals surface area contributed by atoms with E-state index in [1.165, 1.54) is 58.2 Å². The lowest BCUT2D eigenvalue weighted by molar-refractivity contribution is 0.225. The molecule has 14 heavy (non-hydrogen) atoms. The van der Waals surface area contributed by atoms with Crippen molar-refractivity contribution in [1.82, 2.24) is 4.90 Å². The zero-order chi connectivity index (χ0) is 10.2. The molecule has 0 amide bonds. The molecule has 1 saturated heterocycles. The summed E-state index contributed by atoms with van der Waals surface area (Å²) in [6.07, 6.45) is 10.6. The third-order valence-corrected chi connectivity index (χ3v) is 3.24. The molecule has 0 saturated carbocycles. The molecule has 1 heteroatoms. The Labute approximate surface area is 89.2 Å². The topological polar surface area (TPSA) is 3.24 Å². The predicted octanol–water partition coefficient (Wildman–Crippen LogP) is 3.61. The highest BCUT2D eigenvalue weighted by atomic mass is 15.1. The summed E-state index contributed by atoms with van der Waals surface area (Å²) in [5, 5.41) is 0. The Morgan fingerprint density at radius 1 is 1.14 bits per heavy atom. The summed E-state index contributed by atoms with van der Waals surface area (Å²) in [7, 11) is 0. The van der Waals surface area contributed by atoms with Crippen molar-refractivity contribution in [2.75, 3.05) is 19.6 Å². The minimum atomic E-state index is 1.30. The first-order valence-corrected chi connectivity index (χ1v) is 6.17. The number of hydrogen-bond acceptors (Lipinski definition) is 1. The van der Waals surface area contributed by atoms with Gasteiger partial charge >= 0.3 is 0 Å². The van der Waals surface area contributed by atoms with Crippen LogP contribution in [0.3, 0.4) is 0 Å². The number of nitrogens with zero attached hydrogens (tertiary/aromatic N) is 1. The van der Waals surface area contributed by atoms with Gasteiger partial charge in [0.05, 0.1) is 0 Å². The number of rotatable bonds is 5. The normalized spacial score (nSPS) is 20.0. The molecule has 0 aromatic heterocycles. The summed E-state index contributed by atoms with van der Waals surface area (Å²) in [6.45, 7) is 8.41. The molecule has 1 aliphatic rings. The third-order valence-electron chi connectivity index (χ3n) is 3.24. The molecule has 0 aliphatic carbocycles. The summed E-state index contributed by atoms with van der Waals surface area (Å²) in [4.78, 5) is 2.63. The second-order valence-electron chi connectivity index (χ2n) is 4.49. The summed E-state index contributed by atoms with van der Waals surface area (Å²) < 4.78 is 0. The lowest BCUT2D eigenvalue weighted by Gasteiger charge is -2.26. The Balaban J connectivity index is 1.97. The van der Waals surface area contributed by atoms with Gasteiger partial charge in [-0.3, -0.25) is 0 Å². The lowest BCUT2D eigenvalue weighted by Crippen LogP contribution is -2.30. The van der Waals surface area contributed by atoms with E-state index in [1.54, 1.807) is 5.57 Å². The van der Waals surface area contributed by atoms with E-state index in [0.717, 1.165) is 0 Å². The fourth-order valence-electron chi connectivity index (χ4n) is 2.07. The highest BCUT2D eigenvalue weighted by molar-refractivity contribution is 4.94. The van der Waals surface area contributed by atoms with Gasteiger partial charge in [-0.15, -0.1) is 0 Å². The molecule has 1 aliphatic heterocycles. The first kappa shape index (κ1) is 11.8. The Morgan fingerprint density at radius 2 is 1.86 bits per heavy atom.